The van der Waals surface area contributed by atoms with Crippen LogP contribution in [0, 0.1) is 0 Å². The van der Waals surface area contributed by atoms with E-state index in [2.05, 4.69) is 20.5 Å². The number of hydrogen-bond acceptors (Lipinski definition) is 5. The zero-order valence-electron chi connectivity index (χ0n) is 16.8. The van der Waals surface area contributed by atoms with Crippen molar-refractivity contribution in [2.45, 2.75) is 6.42 Å². The lowest BCUT2D eigenvalue weighted by atomic mass is 10.1. The van der Waals surface area contributed by atoms with Crippen LogP contribution in [0.1, 0.15) is 16.8 Å². The first-order valence-corrected chi connectivity index (χ1v) is 10.1. The predicted molar refractivity (Wildman–Crippen MR) is 121 cm³/mol. The Hall–Kier alpha value is -2.67. The van der Waals surface area contributed by atoms with Gasteiger partial charge in [-0.3, -0.25) is 4.79 Å². The summed E-state index contributed by atoms with van der Waals surface area (Å²) < 4.78 is 5.95. The van der Waals surface area contributed by atoms with Gasteiger partial charge in [0.25, 0.3) is 5.91 Å². The van der Waals surface area contributed by atoms with E-state index in [1.807, 2.05) is 54.6 Å². The van der Waals surface area contributed by atoms with Gasteiger partial charge in [0.05, 0.1) is 11.8 Å². The number of benzene rings is 2. The molecule has 0 radical (unpaired) electrons. The highest BCUT2D eigenvalue weighted by molar-refractivity contribution is 6.00. The molecule has 30 heavy (non-hydrogen) atoms. The van der Waals surface area contributed by atoms with E-state index in [9.17, 15) is 4.79 Å². The minimum absolute atomic E-state index is 0. The molecular formula is C23H27ClN4O2. The van der Waals surface area contributed by atoms with E-state index < -0.39 is 0 Å². The molecule has 0 saturated carbocycles. The van der Waals surface area contributed by atoms with Crippen LogP contribution in [0.15, 0.2) is 65.2 Å². The first-order chi connectivity index (χ1) is 14.3. The molecule has 1 amide bonds. The molecule has 7 heteroatoms. The first-order valence-electron chi connectivity index (χ1n) is 10.1. The van der Waals surface area contributed by atoms with E-state index in [4.69, 9.17) is 4.42 Å². The van der Waals surface area contributed by atoms with Gasteiger partial charge in [-0.1, -0.05) is 42.5 Å². The number of nitrogens with one attached hydrogen (secondary N) is 2. The minimum atomic E-state index is -0.0969. The van der Waals surface area contributed by atoms with Gasteiger partial charge in [-0.2, -0.15) is 0 Å². The molecule has 0 unspecified atom stereocenters. The van der Waals surface area contributed by atoms with Gasteiger partial charge in [0, 0.05) is 43.9 Å². The van der Waals surface area contributed by atoms with E-state index in [1.54, 1.807) is 6.20 Å². The molecule has 0 atom stereocenters. The maximum Gasteiger partial charge on any atom is 0.252 e. The fraction of sp³-hybridized carbons (Fsp3) is 0.304. The summed E-state index contributed by atoms with van der Waals surface area (Å²) in [7, 11) is 0. The average molecular weight is 427 g/mol. The Kier molecular flexibility index (Phi) is 8.02. The molecule has 1 saturated heterocycles. The second kappa shape index (κ2) is 10.9. The van der Waals surface area contributed by atoms with Crippen LogP contribution in [0.5, 0.6) is 0 Å². The summed E-state index contributed by atoms with van der Waals surface area (Å²) >= 11 is 0. The van der Waals surface area contributed by atoms with Crippen molar-refractivity contribution in [3.05, 3.63) is 66.4 Å². The van der Waals surface area contributed by atoms with Gasteiger partial charge >= 0.3 is 0 Å². The van der Waals surface area contributed by atoms with Crippen molar-refractivity contribution in [2.75, 3.05) is 39.3 Å². The molecule has 0 spiro atoms. The minimum Gasteiger partial charge on any atom is -0.436 e. The number of oxazole rings is 1. The lowest BCUT2D eigenvalue weighted by Crippen LogP contribution is -2.44. The summed E-state index contributed by atoms with van der Waals surface area (Å²) in [5, 5.41) is 6.39. The molecule has 2 N–H and O–H groups in total. The third-order valence-electron chi connectivity index (χ3n) is 5.11. The Bertz CT molecular complexity index is 939. The summed E-state index contributed by atoms with van der Waals surface area (Å²) in [6.07, 6.45) is 2.64. The van der Waals surface area contributed by atoms with Gasteiger partial charge in [0.15, 0.2) is 5.76 Å². The van der Waals surface area contributed by atoms with E-state index in [0.717, 1.165) is 44.7 Å². The predicted octanol–water partition coefficient (Wildman–Crippen LogP) is 3.46. The summed E-state index contributed by atoms with van der Waals surface area (Å²) in [6, 6.07) is 17.3. The summed E-state index contributed by atoms with van der Waals surface area (Å²) in [6.45, 7) is 5.89. The Morgan fingerprint density at radius 1 is 1.07 bits per heavy atom. The number of nitrogens with zero attached hydrogens (tertiary/aromatic N) is 2. The van der Waals surface area contributed by atoms with Crippen molar-refractivity contribution in [1.82, 2.24) is 20.5 Å². The van der Waals surface area contributed by atoms with Gasteiger partial charge in [-0.15, -0.1) is 12.4 Å². The first kappa shape index (κ1) is 22.0. The van der Waals surface area contributed by atoms with Gasteiger partial charge in [-0.05, 0) is 25.1 Å². The number of carbonyl (C=O) groups excluding carboxylic acids is 1. The smallest absolute Gasteiger partial charge is 0.252 e. The molecule has 1 aromatic heterocycles. The highest BCUT2D eigenvalue weighted by atomic mass is 35.5. The van der Waals surface area contributed by atoms with Crippen molar-refractivity contribution in [3.63, 3.8) is 0 Å². The van der Waals surface area contributed by atoms with Crippen LogP contribution in [0.2, 0.25) is 0 Å². The van der Waals surface area contributed by atoms with Crippen LogP contribution in [-0.2, 0) is 0 Å². The van der Waals surface area contributed by atoms with Crippen molar-refractivity contribution in [2.24, 2.45) is 0 Å². The molecular weight excluding hydrogens is 400 g/mol. The molecule has 1 fully saturated rings. The quantitative estimate of drug-likeness (QED) is 0.566. The zero-order valence-corrected chi connectivity index (χ0v) is 17.7. The van der Waals surface area contributed by atoms with Crippen LogP contribution in [-0.4, -0.2) is 55.1 Å². The number of rotatable bonds is 7. The van der Waals surface area contributed by atoms with Gasteiger partial charge in [0.2, 0.25) is 5.89 Å². The van der Waals surface area contributed by atoms with E-state index >= 15 is 0 Å². The Balaban J connectivity index is 0.00000256. The van der Waals surface area contributed by atoms with Crippen LogP contribution in [0.4, 0.5) is 0 Å². The zero-order chi connectivity index (χ0) is 19.9. The van der Waals surface area contributed by atoms with Crippen molar-refractivity contribution in [3.8, 4) is 22.8 Å². The molecule has 0 bridgehead atoms. The average Bonchev–Trinajstić information content (AvgIpc) is 3.28. The Morgan fingerprint density at radius 2 is 1.80 bits per heavy atom. The summed E-state index contributed by atoms with van der Waals surface area (Å²) in [5.41, 5.74) is 2.24. The number of halogens is 1. The molecule has 3 aromatic rings. The summed E-state index contributed by atoms with van der Waals surface area (Å²) in [5.74, 6) is 1.04. The summed E-state index contributed by atoms with van der Waals surface area (Å²) in [4.78, 5) is 19.6. The van der Waals surface area contributed by atoms with E-state index in [-0.39, 0.29) is 18.3 Å². The number of aromatic nitrogens is 1. The van der Waals surface area contributed by atoms with Crippen molar-refractivity contribution < 1.29 is 9.21 Å². The molecule has 158 valence electrons. The van der Waals surface area contributed by atoms with Crippen molar-refractivity contribution in [1.29, 1.82) is 0 Å². The van der Waals surface area contributed by atoms with Crippen molar-refractivity contribution >= 4 is 18.3 Å². The number of carbonyl (C=O) groups is 1. The molecule has 1 aliphatic rings. The third kappa shape index (κ3) is 5.48. The van der Waals surface area contributed by atoms with Crippen LogP contribution >= 0.6 is 12.4 Å². The second-order valence-electron chi connectivity index (χ2n) is 7.14. The van der Waals surface area contributed by atoms with Crippen LogP contribution in [0.25, 0.3) is 22.8 Å². The fourth-order valence-electron chi connectivity index (χ4n) is 3.54. The number of piperazine rings is 1. The SMILES string of the molecule is Cl.O=C(NCCCN1CCNCC1)c1ccccc1-c1ncc(-c2ccccc2)o1. The lowest BCUT2D eigenvalue weighted by molar-refractivity contribution is 0.0951. The second-order valence-corrected chi connectivity index (χ2v) is 7.14. The molecule has 4 rings (SSSR count). The molecule has 2 heterocycles. The fourth-order valence-corrected chi connectivity index (χ4v) is 3.54. The van der Waals surface area contributed by atoms with Gasteiger partial charge in [0.1, 0.15) is 0 Å². The van der Waals surface area contributed by atoms with Crippen LogP contribution in [0.3, 0.4) is 0 Å². The molecule has 0 aliphatic carbocycles. The maximum absolute atomic E-state index is 12.8. The number of amides is 1. The largest absolute Gasteiger partial charge is 0.436 e. The Morgan fingerprint density at radius 3 is 2.60 bits per heavy atom. The third-order valence-corrected chi connectivity index (χ3v) is 5.11. The lowest BCUT2D eigenvalue weighted by Gasteiger charge is -2.27. The maximum atomic E-state index is 12.8. The normalized spacial score (nSPS) is 14.1. The standard InChI is InChI=1S/C23H26N4O2.ClH/c28-22(25-11-6-14-27-15-12-24-13-16-27)19-9-4-5-10-20(19)23-26-17-21(29-23)18-7-2-1-3-8-18;/h1-5,7-10,17,24H,6,11-16H2,(H,25,28);1H. The van der Waals surface area contributed by atoms with Gasteiger partial charge in [-0.25, -0.2) is 4.98 Å². The molecule has 6 nitrogen and oxygen atoms in total. The monoisotopic (exact) mass is 426 g/mol. The Labute approximate surface area is 183 Å². The topological polar surface area (TPSA) is 70.4 Å². The molecule has 1 aliphatic heterocycles. The van der Waals surface area contributed by atoms with E-state index in [0.29, 0.717) is 29.3 Å². The van der Waals surface area contributed by atoms with Crippen LogP contribution < -0.4 is 10.6 Å². The molecule has 2 aromatic carbocycles. The van der Waals surface area contributed by atoms with Gasteiger partial charge < -0.3 is 20.0 Å². The highest BCUT2D eigenvalue weighted by Gasteiger charge is 2.17. The highest BCUT2D eigenvalue weighted by Crippen LogP contribution is 2.28. The van der Waals surface area contributed by atoms with E-state index in [1.165, 1.54) is 0 Å². The number of hydrogen-bond donors (Lipinski definition) is 2.